The fourth-order valence-corrected chi connectivity index (χ4v) is 6.84. The summed E-state index contributed by atoms with van der Waals surface area (Å²) in [4.78, 5) is 34.8. The van der Waals surface area contributed by atoms with E-state index in [1.807, 2.05) is 22.6 Å². The normalized spacial score (nSPS) is 20.5. The third-order valence-electron chi connectivity index (χ3n) is 7.97. The Morgan fingerprint density at radius 3 is 2.62 bits per heavy atom. The fourth-order valence-electron chi connectivity index (χ4n) is 5.79. The van der Waals surface area contributed by atoms with Crippen molar-refractivity contribution in [3.8, 4) is 11.3 Å². The van der Waals surface area contributed by atoms with Crippen LogP contribution >= 0.6 is 11.3 Å². The van der Waals surface area contributed by atoms with Gasteiger partial charge in [0.05, 0.1) is 34.6 Å². The zero-order chi connectivity index (χ0) is 29.8. The van der Waals surface area contributed by atoms with Crippen LogP contribution in [0.2, 0.25) is 0 Å². The maximum Gasteiger partial charge on any atom is 0.410 e. The Morgan fingerprint density at radius 2 is 1.90 bits per heavy atom. The zero-order valence-corrected chi connectivity index (χ0v) is 25.1. The molecule has 0 saturated carbocycles. The van der Waals surface area contributed by atoms with Crippen molar-refractivity contribution in [1.82, 2.24) is 24.5 Å². The van der Waals surface area contributed by atoms with Crippen molar-refractivity contribution in [2.75, 3.05) is 26.7 Å². The maximum absolute atomic E-state index is 15.5. The summed E-state index contributed by atoms with van der Waals surface area (Å²) in [5, 5.41) is 13.4. The van der Waals surface area contributed by atoms with E-state index in [0.29, 0.717) is 33.8 Å². The smallest absolute Gasteiger partial charge is 0.410 e. The van der Waals surface area contributed by atoms with Crippen LogP contribution in [0.25, 0.3) is 26.4 Å². The number of rotatable bonds is 4. The standard InChI is InChI=1S/C31H36FN5O4S/c1-31(2,3)41-30(40)37-16-21(38)15-26(37)18-5-7-22(23(32)13-18)24-17-36-25-8-6-19(14-27(25)42-29(36)34-24)28(39)33-20-9-11-35(4)12-10-20/h5-8,13-14,17,20-21,26,38H,9-12,15-16H2,1-4H3,(H,33,39)/t21-,26-/m1/s1. The molecule has 2 aromatic heterocycles. The number of carbonyl (C=O) groups is 2. The van der Waals surface area contributed by atoms with Gasteiger partial charge in [-0.25, -0.2) is 14.2 Å². The lowest BCUT2D eigenvalue weighted by Crippen LogP contribution is -2.43. The molecule has 42 heavy (non-hydrogen) atoms. The SMILES string of the molecule is CN1CCC(NC(=O)c2ccc3c(c2)sc2nc(-c4ccc([C@H]5C[C@@H](O)CN5C(=O)OC(C)(C)C)cc4F)cn23)CC1. The largest absolute Gasteiger partial charge is 0.444 e. The van der Waals surface area contributed by atoms with Crippen LogP contribution in [0.3, 0.4) is 0 Å². The molecule has 0 bridgehead atoms. The van der Waals surface area contributed by atoms with Crippen LogP contribution in [0, 0.1) is 5.82 Å². The molecule has 4 aromatic rings. The second-order valence-electron chi connectivity index (χ2n) is 12.4. The Bertz CT molecular complexity index is 1650. The van der Waals surface area contributed by atoms with E-state index in [4.69, 9.17) is 9.72 Å². The average Bonchev–Trinajstić information content (AvgIpc) is 3.61. The number of imidazole rings is 1. The van der Waals surface area contributed by atoms with Gasteiger partial charge in [-0.1, -0.05) is 17.4 Å². The van der Waals surface area contributed by atoms with Gasteiger partial charge >= 0.3 is 6.09 Å². The molecule has 2 atom stereocenters. The molecule has 2 N–H and O–H groups in total. The van der Waals surface area contributed by atoms with Gasteiger partial charge in [-0.2, -0.15) is 0 Å². The summed E-state index contributed by atoms with van der Waals surface area (Å²) in [5.41, 5.74) is 2.27. The quantitative estimate of drug-likeness (QED) is 0.337. The van der Waals surface area contributed by atoms with Crippen LogP contribution in [-0.2, 0) is 4.74 Å². The number of nitrogens with zero attached hydrogens (tertiary/aromatic N) is 4. The highest BCUT2D eigenvalue weighted by Crippen LogP contribution is 2.36. The van der Waals surface area contributed by atoms with Crippen LogP contribution < -0.4 is 5.32 Å². The van der Waals surface area contributed by atoms with Gasteiger partial charge in [-0.3, -0.25) is 14.1 Å². The number of aromatic nitrogens is 2. The van der Waals surface area contributed by atoms with Crippen molar-refractivity contribution < 1.29 is 23.8 Å². The molecule has 0 aliphatic carbocycles. The number of benzene rings is 2. The highest BCUT2D eigenvalue weighted by molar-refractivity contribution is 7.23. The third kappa shape index (κ3) is 5.73. The Hall–Kier alpha value is -3.54. The summed E-state index contributed by atoms with van der Waals surface area (Å²) >= 11 is 1.45. The second-order valence-corrected chi connectivity index (χ2v) is 13.4. The van der Waals surface area contributed by atoms with Crippen LogP contribution in [0.5, 0.6) is 0 Å². The molecule has 4 heterocycles. The lowest BCUT2D eigenvalue weighted by Gasteiger charge is -2.29. The van der Waals surface area contributed by atoms with E-state index < -0.39 is 29.7 Å². The Morgan fingerprint density at radius 1 is 1.14 bits per heavy atom. The first kappa shape index (κ1) is 28.6. The van der Waals surface area contributed by atoms with Crippen molar-refractivity contribution >= 4 is 38.5 Å². The number of piperidine rings is 1. The molecule has 9 nitrogen and oxygen atoms in total. The lowest BCUT2D eigenvalue weighted by atomic mass is 10.0. The first-order valence-corrected chi connectivity index (χ1v) is 15.2. The van der Waals surface area contributed by atoms with E-state index in [-0.39, 0.29) is 18.5 Å². The number of fused-ring (bicyclic) bond motifs is 3. The Labute approximate surface area is 247 Å². The van der Waals surface area contributed by atoms with Gasteiger partial charge < -0.3 is 20.1 Å². The number of hydrogen-bond acceptors (Lipinski definition) is 7. The van der Waals surface area contributed by atoms with Gasteiger partial charge in [0.1, 0.15) is 11.4 Å². The van der Waals surface area contributed by atoms with Crippen molar-refractivity contribution in [3.63, 3.8) is 0 Å². The molecule has 2 aromatic carbocycles. The van der Waals surface area contributed by atoms with Crippen molar-refractivity contribution in [3.05, 3.63) is 59.5 Å². The van der Waals surface area contributed by atoms with E-state index in [1.165, 1.54) is 22.3 Å². The van der Waals surface area contributed by atoms with Gasteiger partial charge in [0.2, 0.25) is 0 Å². The monoisotopic (exact) mass is 593 g/mol. The van der Waals surface area contributed by atoms with Gasteiger partial charge in [-0.15, -0.1) is 0 Å². The van der Waals surface area contributed by atoms with Crippen molar-refractivity contribution in [2.24, 2.45) is 0 Å². The summed E-state index contributed by atoms with van der Waals surface area (Å²) in [7, 11) is 2.10. The number of carbonyl (C=O) groups excluding carboxylic acids is 2. The van der Waals surface area contributed by atoms with Crippen LogP contribution in [0.1, 0.15) is 62.0 Å². The summed E-state index contributed by atoms with van der Waals surface area (Å²) < 4.78 is 23.9. The van der Waals surface area contributed by atoms with Crippen LogP contribution in [0.4, 0.5) is 9.18 Å². The number of β-amino-alcohol motifs (C(OH)–C–C–N with tert-alkyl or cyclic N) is 1. The van der Waals surface area contributed by atoms with E-state index in [2.05, 4.69) is 17.3 Å². The highest BCUT2D eigenvalue weighted by atomic mass is 32.1. The lowest BCUT2D eigenvalue weighted by molar-refractivity contribution is 0.0206. The van der Waals surface area contributed by atoms with Crippen LogP contribution in [0.15, 0.2) is 42.6 Å². The van der Waals surface area contributed by atoms with E-state index in [9.17, 15) is 14.7 Å². The number of thiazole rings is 1. The summed E-state index contributed by atoms with van der Waals surface area (Å²) in [6.07, 6.45) is 2.76. The number of aliphatic hydroxyl groups excluding tert-OH is 1. The van der Waals surface area contributed by atoms with Gasteiger partial charge in [0.15, 0.2) is 4.96 Å². The number of aliphatic hydroxyl groups is 1. The third-order valence-corrected chi connectivity index (χ3v) is 8.99. The predicted octanol–water partition coefficient (Wildman–Crippen LogP) is 5.22. The highest BCUT2D eigenvalue weighted by Gasteiger charge is 2.38. The Balaban J connectivity index is 1.21. The summed E-state index contributed by atoms with van der Waals surface area (Å²) in [5.74, 6) is -0.527. The second kappa shape index (κ2) is 10.9. The molecule has 0 unspecified atom stereocenters. The van der Waals surface area contributed by atoms with E-state index in [1.54, 1.807) is 39.1 Å². The van der Waals surface area contributed by atoms with Gasteiger partial charge in [-0.05, 0) is 96.1 Å². The number of amides is 2. The fraction of sp³-hybridized carbons (Fsp3) is 0.452. The van der Waals surface area contributed by atoms with Crippen LogP contribution in [-0.4, -0.2) is 80.7 Å². The minimum atomic E-state index is -0.709. The van der Waals surface area contributed by atoms with Crippen molar-refractivity contribution in [2.45, 2.75) is 63.8 Å². The van der Waals surface area contributed by atoms with Crippen molar-refractivity contribution in [1.29, 1.82) is 0 Å². The molecule has 0 radical (unpaired) electrons. The first-order valence-electron chi connectivity index (χ1n) is 14.3. The summed E-state index contributed by atoms with van der Waals surface area (Å²) in [6.45, 7) is 7.44. The average molecular weight is 594 g/mol. The summed E-state index contributed by atoms with van der Waals surface area (Å²) in [6, 6.07) is 10.2. The molecule has 222 valence electrons. The molecule has 0 spiro atoms. The first-order chi connectivity index (χ1) is 19.9. The van der Waals surface area contributed by atoms with E-state index >= 15 is 4.39 Å². The molecule has 2 fully saturated rings. The Kier molecular flexibility index (Phi) is 7.44. The molecule has 11 heteroatoms. The number of nitrogens with one attached hydrogen (secondary N) is 1. The molecule has 2 aliphatic heterocycles. The molecular formula is C31H36FN5O4S. The van der Waals surface area contributed by atoms with E-state index in [0.717, 1.165) is 36.1 Å². The number of likely N-dealkylation sites (tertiary alicyclic amines) is 2. The minimum absolute atomic E-state index is 0.0691. The molecule has 2 amide bonds. The number of halogens is 1. The zero-order valence-electron chi connectivity index (χ0n) is 24.3. The predicted molar refractivity (Wildman–Crippen MR) is 160 cm³/mol. The minimum Gasteiger partial charge on any atom is -0.444 e. The number of hydrogen-bond donors (Lipinski definition) is 2. The molecular weight excluding hydrogens is 557 g/mol. The van der Waals surface area contributed by atoms with Gasteiger partial charge in [0.25, 0.3) is 5.91 Å². The number of ether oxygens (including phenoxy) is 1. The van der Waals surface area contributed by atoms with Gasteiger partial charge in [0, 0.05) is 23.4 Å². The molecule has 6 rings (SSSR count). The maximum atomic E-state index is 15.5. The molecule has 2 saturated heterocycles. The topological polar surface area (TPSA) is 99.4 Å². The molecule has 2 aliphatic rings.